The van der Waals surface area contributed by atoms with Crippen molar-refractivity contribution in [2.24, 2.45) is 29.4 Å². The Morgan fingerprint density at radius 1 is 0.702 bits per heavy atom. The summed E-state index contributed by atoms with van der Waals surface area (Å²) in [6, 6.07) is 54.0. The number of carbonyl (C=O) groups is 3. The number of aromatic nitrogens is 5. The number of hydrogen-bond donors (Lipinski definition) is 4. The van der Waals surface area contributed by atoms with Crippen LogP contribution < -0.4 is 35.7 Å². The molecule has 2 aliphatic carbocycles. The third-order valence-electron chi connectivity index (χ3n) is 26.3. The predicted octanol–water partition coefficient (Wildman–Crippen LogP) is 21.1. The number of nitrogens with one attached hydrogen (secondary N) is 1. The van der Waals surface area contributed by atoms with Crippen molar-refractivity contribution >= 4 is 89.4 Å². The Morgan fingerprint density at radius 3 is 2.04 bits per heavy atom. The molecule has 10 aromatic carbocycles. The van der Waals surface area contributed by atoms with Crippen LogP contribution in [0.1, 0.15) is 100 Å². The molecule has 4 bridgehead atoms. The van der Waals surface area contributed by atoms with Gasteiger partial charge in [-0.1, -0.05) is 49.4 Å². The maximum absolute atomic E-state index is 15.6. The number of oxazole rings is 1. The number of likely N-dealkylation sites (N-methyl/N-ethyl adjacent to an activating group) is 1. The van der Waals surface area contributed by atoms with E-state index < -0.39 is 6.17 Å². The largest absolute Gasteiger partial charge is 0.508 e. The van der Waals surface area contributed by atoms with Crippen molar-refractivity contribution in [2.45, 2.75) is 109 Å². The second-order valence-corrected chi connectivity index (χ2v) is 36.8. The third-order valence-corrected chi connectivity index (χ3v) is 27.4. The van der Waals surface area contributed by atoms with Crippen molar-refractivity contribution in [1.82, 2.24) is 44.5 Å². The lowest BCUT2D eigenvalue weighted by atomic mass is 9.52. The molecule has 4 unspecified atom stereocenters. The van der Waals surface area contributed by atoms with Crippen LogP contribution in [0, 0.1) is 79.3 Å². The van der Waals surface area contributed by atoms with Gasteiger partial charge in [-0.05, 0) is 276 Å². The molecule has 141 heavy (non-hydrogen) atoms. The average Bonchev–Trinajstić information content (AvgIpc) is 1.54. The number of halogens is 7. The highest BCUT2D eigenvalue weighted by Crippen LogP contribution is 2.62. The van der Waals surface area contributed by atoms with Crippen molar-refractivity contribution < 1.29 is 83.1 Å². The van der Waals surface area contributed by atoms with Crippen molar-refractivity contribution in [3.05, 3.63) is 317 Å². The van der Waals surface area contributed by atoms with Gasteiger partial charge < -0.3 is 64.5 Å². The summed E-state index contributed by atoms with van der Waals surface area (Å²) in [5.74, 6) is 3.21. The van der Waals surface area contributed by atoms with Gasteiger partial charge in [0, 0.05) is 154 Å². The summed E-state index contributed by atoms with van der Waals surface area (Å²) in [5, 5.41) is 15.2. The van der Waals surface area contributed by atoms with E-state index in [-0.39, 0.29) is 95.2 Å². The first-order chi connectivity index (χ1) is 67.9. The topological polar surface area (TPSA) is 281 Å². The van der Waals surface area contributed by atoms with Crippen LogP contribution in [0.4, 0.5) is 47.9 Å². The number of phenols is 1. The number of nitrogen functional groups attached to an aromatic ring is 1. The number of pyridine rings is 1. The van der Waals surface area contributed by atoms with Gasteiger partial charge in [0.25, 0.3) is 5.91 Å². The number of likely N-dealkylation sites (tertiary alicyclic amines) is 2. The highest BCUT2D eigenvalue weighted by Gasteiger charge is 2.63. The van der Waals surface area contributed by atoms with Crippen molar-refractivity contribution in [3.63, 3.8) is 0 Å². The van der Waals surface area contributed by atoms with Crippen LogP contribution in [0.25, 0.3) is 53.7 Å². The number of methoxy groups -OCH3 is 3. The first-order valence-electron chi connectivity index (χ1n) is 46.8. The van der Waals surface area contributed by atoms with Gasteiger partial charge in [-0.2, -0.15) is 0 Å². The number of rotatable bonds is 21. The third kappa shape index (κ3) is 25.0. The highest BCUT2D eigenvalue weighted by atomic mass is 32.1. The summed E-state index contributed by atoms with van der Waals surface area (Å²) >= 11 is 1.48. The highest BCUT2D eigenvalue weighted by molar-refractivity contribution is 7.21. The van der Waals surface area contributed by atoms with Crippen molar-refractivity contribution in [3.8, 4) is 39.3 Å². The van der Waals surface area contributed by atoms with Crippen LogP contribution in [0.15, 0.2) is 236 Å². The molecule has 8 aliphatic rings. The lowest BCUT2D eigenvalue weighted by Crippen LogP contribution is -2.63. The first-order valence-corrected chi connectivity index (χ1v) is 47.6. The predicted molar refractivity (Wildman–Crippen MR) is 536 cm³/mol. The summed E-state index contributed by atoms with van der Waals surface area (Å²) < 4.78 is 133. The van der Waals surface area contributed by atoms with E-state index in [1.165, 1.54) is 105 Å². The Hall–Kier alpha value is -13.7. The molecule has 10 atom stereocenters. The quantitative estimate of drug-likeness (QED) is 0.0130. The van der Waals surface area contributed by atoms with Crippen LogP contribution in [-0.4, -0.2) is 187 Å². The van der Waals surface area contributed by atoms with E-state index in [9.17, 15) is 45.8 Å². The molecule has 22 rings (SSSR count). The van der Waals surface area contributed by atoms with Gasteiger partial charge in [0.15, 0.2) is 34.5 Å². The van der Waals surface area contributed by atoms with Gasteiger partial charge in [0.2, 0.25) is 11.8 Å². The number of amides is 3. The molecule has 6 N–H and O–H groups in total. The first kappa shape index (κ1) is 103. The average molecular weight is 1950 g/mol. The smallest absolute Gasteiger partial charge is 0.253 e. The van der Waals surface area contributed by atoms with E-state index in [1.807, 2.05) is 86.7 Å². The summed E-state index contributed by atoms with van der Waals surface area (Å²) in [6.07, 6.45) is 15.0. The molecule has 4 aromatic heterocycles. The molecule has 6 aliphatic heterocycles. The van der Waals surface area contributed by atoms with Crippen molar-refractivity contribution in [2.75, 3.05) is 113 Å². The summed E-state index contributed by atoms with van der Waals surface area (Å²) in [5.41, 5.74) is 24.4. The normalized spacial score (nSPS) is 19.3. The number of benzene rings is 10. The molecule has 14 aromatic rings. The van der Waals surface area contributed by atoms with E-state index in [4.69, 9.17) is 44.3 Å². The molecule has 10 heterocycles. The van der Waals surface area contributed by atoms with Gasteiger partial charge in [-0.15, -0.1) is 17.9 Å². The SMILES string of the molecule is C=CC1CC2CCN1CC2[C@H](F)c1ccnc2ccc(OC)cc12.CN(C)C(=O)c1ccc(F)cc1.COCCOc1cc2ncnc(Nc3ccc(O)cc3)c2cc1OCCOC.C[C@H]1C=C[C@H]2[C@H]3Cc4ccc(F)c5c4[C@@]2(CCN3C)[C@H]1O5.Cc1cc(F)c(CCN2C(=O)CCC2=O)cc1C.Cc1nc2ccc(F)cc2o1.NCCc1ccc(F)cc1.Nc1ccc(-c2nc3ccc(F)cc3s2)cc1. The number of alkyl halides is 1. The van der Waals surface area contributed by atoms with Gasteiger partial charge in [0.1, 0.15) is 88.7 Å². The number of anilines is 3. The van der Waals surface area contributed by atoms with Crippen LogP contribution >= 0.6 is 11.3 Å². The minimum atomic E-state index is -0.971. The molecule has 5 fully saturated rings. The molecule has 0 radical (unpaired) electrons. The number of aromatic hydroxyl groups is 1. The lowest BCUT2D eigenvalue weighted by molar-refractivity contribution is -0.138. The number of piperidine rings is 4. The van der Waals surface area contributed by atoms with Gasteiger partial charge >= 0.3 is 0 Å². The van der Waals surface area contributed by atoms with Gasteiger partial charge in [-0.3, -0.25) is 29.2 Å². The van der Waals surface area contributed by atoms with Gasteiger partial charge in [0.05, 0.1) is 41.6 Å². The maximum Gasteiger partial charge on any atom is 0.253 e. The number of fused-ring (bicyclic) bond motifs is 7. The summed E-state index contributed by atoms with van der Waals surface area (Å²) in [6.45, 7) is 17.2. The zero-order valence-electron chi connectivity index (χ0n) is 80.5. The zero-order valence-corrected chi connectivity index (χ0v) is 81.3. The molecule has 31 heteroatoms. The van der Waals surface area contributed by atoms with Crippen LogP contribution in [0.3, 0.4) is 0 Å². The van der Waals surface area contributed by atoms with Crippen LogP contribution in [-0.2, 0) is 43.7 Å². The fourth-order valence-electron chi connectivity index (χ4n) is 18.9. The number of hydrogen-bond acceptors (Lipinski definition) is 22. The number of phenolic OH excluding ortho intramolecular Hbond substituents is 1. The molecule has 5 saturated heterocycles. The molecular weight excluding hydrogens is 1830 g/mol. The number of thiazole rings is 1. The Bertz CT molecular complexity index is 6710. The van der Waals surface area contributed by atoms with E-state index in [1.54, 1.807) is 109 Å². The van der Waals surface area contributed by atoms with E-state index >= 15 is 4.39 Å². The maximum atomic E-state index is 15.6. The molecule has 3 amide bonds. The Balaban J connectivity index is 0.000000131. The Morgan fingerprint density at radius 2 is 1.37 bits per heavy atom. The Labute approximate surface area is 819 Å². The molecule has 23 nitrogen and oxygen atoms in total. The van der Waals surface area contributed by atoms with E-state index in [0.29, 0.717) is 126 Å². The fraction of sp³-hybridized carbons (Fsp3) is 0.327. The summed E-state index contributed by atoms with van der Waals surface area (Å²) in [4.78, 5) is 63.2. The van der Waals surface area contributed by atoms with Crippen LogP contribution in [0.2, 0.25) is 0 Å². The minimum Gasteiger partial charge on any atom is -0.508 e. The number of ether oxygens (including phenoxy) is 6. The molecular formula is C110H117F7N12O11S. The zero-order chi connectivity index (χ0) is 100. The number of aryl methyl sites for hydroxylation is 3. The molecule has 0 saturated carbocycles. The van der Waals surface area contributed by atoms with E-state index in [2.05, 4.69) is 72.7 Å². The lowest BCUT2D eigenvalue weighted by Gasteiger charge is -2.56. The molecule has 1 spiro atoms. The fourth-order valence-corrected chi connectivity index (χ4v) is 19.9. The van der Waals surface area contributed by atoms with Crippen LogP contribution in [0.5, 0.6) is 28.7 Å². The summed E-state index contributed by atoms with van der Waals surface area (Å²) in [7, 11) is 10.4. The second kappa shape index (κ2) is 47.5. The Kier molecular flexibility index (Phi) is 34.8. The monoisotopic (exact) mass is 1950 g/mol. The number of nitrogens with two attached hydrogens (primary N) is 2. The number of imide groups is 1. The molecule has 738 valence electrons. The second-order valence-electron chi connectivity index (χ2n) is 35.8. The standard InChI is InChI=1S/C20H23FN2O.C20H23N3O5.C18H20FNO.C14H16FNO2.C13H9FN2S.C9H10FNO.C8H6FNO.C8H10FN/c1-3-14-10-13-7-9-23(14)12-18(13)20(21)16-6-8-22-19-5-4-15(24-2)11-17(16)19;1-25-7-9-27-18-11-16-17(12-19(18)28-10-8-26-2)21-13-22-20(16)23-14-3-5-15(24)6-4-14;1-10-3-5-12-14-9-11-4-6-13(19)16-15(11)18(12,17(10)21-16)7-8-20(14)2;1-9-7-11(12(15)8-10(9)2)5-6-16-13(17)3-4-14(16)18;14-9-3-6-11-12(7-9)17-13(16-11)8-1-4-10(15)5-2-8;1-11(2)9(12)7-3-5-8(10)6-4-7;1-5-10-7-3-2-6(9)4-8(7)11-5;9-8-3-1-7(2-4-8)5-6-10/h3-6,8,11,13-14,18,20H,1,7,9-10,12H2,2H3;3-6,11-13,24H,7-10H2,1-2H3,(H,21,22,23);3-6,10,12,14,17H,7-9H2,1-2H3;7-8H,3-6H2,1-2H3;1-7H,15H2;3-6H,1-2H3;2-4H,1H3;1-4H,5-6,10H2/t13?,14?,18?,20-;;10-,12-,14+,17-,18-;;;;;/m1.0...../s1. The number of nitrogens with zero attached hydrogens (tertiary/aromatic N) is 9. The number of carbonyl (C=O) groups excluding carboxylic acids is 3. The van der Waals surface area contributed by atoms with E-state index in [0.717, 1.165) is 128 Å². The minimum absolute atomic E-state index is 0.0103. The van der Waals surface area contributed by atoms with Crippen molar-refractivity contribution in [1.29, 1.82) is 0 Å². The van der Waals surface area contributed by atoms with Gasteiger partial charge in [-0.25, -0.2) is 50.7 Å².